The number of nitrogens with one attached hydrogen (secondary N) is 1. The first-order chi connectivity index (χ1) is 15.7. The third-order valence-electron chi connectivity index (χ3n) is 5.17. The maximum atomic E-state index is 14.0. The van der Waals surface area contributed by atoms with Crippen LogP contribution in [0.1, 0.15) is 29.1 Å². The van der Waals surface area contributed by atoms with Crippen LogP contribution in [0.5, 0.6) is 5.88 Å². The van der Waals surface area contributed by atoms with Crippen LogP contribution in [0.4, 0.5) is 14.6 Å². The summed E-state index contributed by atoms with van der Waals surface area (Å²) in [7, 11) is 0. The van der Waals surface area contributed by atoms with Crippen LogP contribution in [0.15, 0.2) is 30.5 Å². The lowest BCUT2D eigenvalue weighted by Gasteiger charge is -2.35. The monoisotopic (exact) mass is 493 g/mol. The zero-order valence-electron chi connectivity index (χ0n) is 17.9. The third-order valence-corrected chi connectivity index (χ3v) is 6.68. The number of rotatable bonds is 5. The van der Waals surface area contributed by atoms with Crippen LogP contribution in [-0.2, 0) is 6.61 Å². The number of nitrogen functional groups attached to an aromatic ring is 1. The molecule has 4 rings (SSSR count). The van der Waals surface area contributed by atoms with Gasteiger partial charge >= 0.3 is 0 Å². The number of hydrogen-bond donors (Lipinski definition) is 2. The largest absolute Gasteiger partial charge is 0.470 e. The predicted molar refractivity (Wildman–Crippen MR) is 123 cm³/mol. The van der Waals surface area contributed by atoms with Crippen molar-refractivity contribution in [1.29, 1.82) is 0 Å². The molecule has 1 saturated heterocycles. The van der Waals surface area contributed by atoms with Crippen molar-refractivity contribution in [1.82, 2.24) is 20.2 Å². The lowest BCUT2D eigenvalue weighted by molar-refractivity contribution is 0.0678. The molecule has 3 aromatic rings. The SMILES string of the molecule is C[C@@H]1CN(C(=O)c2ccc(-c3cnc(N)c(OCc4c(F)ccc(F)c4Cl)n3)s2)C[C@H](C)N1. The van der Waals surface area contributed by atoms with Crippen LogP contribution in [0.25, 0.3) is 10.6 Å². The van der Waals surface area contributed by atoms with Gasteiger partial charge in [0.2, 0.25) is 0 Å². The molecule has 0 bridgehead atoms. The molecule has 2 aromatic heterocycles. The normalized spacial score (nSPS) is 18.4. The van der Waals surface area contributed by atoms with Crippen molar-refractivity contribution in [3.63, 3.8) is 0 Å². The van der Waals surface area contributed by atoms with E-state index in [2.05, 4.69) is 15.3 Å². The molecule has 2 atom stereocenters. The van der Waals surface area contributed by atoms with Crippen molar-refractivity contribution in [3.8, 4) is 16.5 Å². The Morgan fingerprint density at radius 1 is 1.24 bits per heavy atom. The highest BCUT2D eigenvalue weighted by molar-refractivity contribution is 7.17. The molecule has 1 amide bonds. The molecule has 1 aromatic carbocycles. The van der Waals surface area contributed by atoms with Gasteiger partial charge in [0, 0.05) is 30.7 Å². The van der Waals surface area contributed by atoms with Crippen LogP contribution < -0.4 is 15.8 Å². The van der Waals surface area contributed by atoms with Crippen molar-refractivity contribution in [2.75, 3.05) is 18.8 Å². The second-order valence-electron chi connectivity index (χ2n) is 7.90. The van der Waals surface area contributed by atoms with Crippen LogP contribution in [0.2, 0.25) is 5.02 Å². The molecule has 0 unspecified atom stereocenters. The molecule has 3 heterocycles. The van der Waals surface area contributed by atoms with Crippen LogP contribution in [0.3, 0.4) is 0 Å². The number of anilines is 1. The van der Waals surface area contributed by atoms with Crippen LogP contribution in [0, 0.1) is 11.6 Å². The number of piperazine rings is 1. The minimum Gasteiger partial charge on any atom is -0.470 e. The minimum atomic E-state index is -0.756. The van der Waals surface area contributed by atoms with Gasteiger partial charge in [0.05, 0.1) is 21.0 Å². The summed E-state index contributed by atoms with van der Waals surface area (Å²) in [5.74, 6) is -1.56. The fourth-order valence-corrected chi connectivity index (χ4v) is 4.82. The van der Waals surface area contributed by atoms with E-state index < -0.39 is 11.6 Å². The highest BCUT2D eigenvalue weighted by Crippen LogP contribution is 2.31. The fraction of sp³-hybridized carbons (Fsp3) is 0.318. The molecule has 1 fully saturated rings. The first kappa shape index (κ1) is 23.3. The van der Waals surface area contributed by atoms with E-state index in [9.17, 15) is 13.6 Å². The molecule has 3 N–H and O–H groups in total. The van der Waals surface area contributed by atoms with E-state index in [1.807, 2.05) is 18.7 Å². The first-order valence-electron chi connectivity index (χ1n) is 10.3. The van der Waals surface area contributed by atoms with Crippen molar-refractivity contribution in [2.24, 2.45) is 0 Å². The minimum absolute atomic E-state index is 0.0108. The topological polar surface area (TPSA) is 93.4 Å². The summed E-state index contributed by atoms with van der Waals surface area (Å²) >= 11 is 7.13. The summed E-state index contributed by atoms with van der Waals surface area (Å²) in [4.78, 5) is 24.5. The van der Waals surface area contributed by atoms with Gasteiger partial charge in [0.1, 0.15) is 23.9 Å². The van der Waals surface area contributed by atoms with E-state index in [0.29, 0.717) is 28.5 Å². The van der Waals surface area contributed by atoms with Crippen molar-refractivity contribution in [3.05, 3.63) is 57.6 Å². The van der Waals surface area contributed by atoms with Crippen LogP contribution in [-0.4, -0.2) is 45.9 Å². The number of amides is 1. The van der Waals surface area contributed by atoms with Gasteiger partial charge in [-0.2, -0.15) is 0 Å². The lowest BCUT2D eigenvalue weighted by atomic mass is 10.1. The Kier molecular flexibility index (Phi) is 6.78. The van der Waals surface area contributed by atoms with E-state index in [-0.39, 0.29) is 46.9 Å². The Morgan fingerprint density at radius 3 is 2.67 bits per heavy atom. The highest BCUT2D eigenvalue weighted by atomic mass is 35.5. The molecule has 11 heteroatoms. The molecular formula is C22H22ClF2N5O2S. The number of carbonyl (C=O) groups excluding carboxylic acids is 1. The smallest absolute Gasteiger partial charge is 0.264 e. The number of halogens is 3. The number of aromatic nitrogens is 2. The number of benzene rings is 1. The molecule has 1 aliphatic heterocycles. The van der Waals surface area contributed by atoms with Crippen molar-refractivity contribution >= 4 is 34.7 Å². The zero-order chi connectivity index (χ0) is 23.7. The van der Waals surface area contributed by atoms with E-state index in [4.69, 9.17) is 22.1 Å². The third kappa shape index (κ3) is 5.07. The number of thiophene rings is 1. The summed E-state index contributed by atoms with van der Waals surface area (Å²) in [6.45, 7) is 4.98. The molecule has 0 spiro atoms. The fourth-order valence-electron chi connectivity index (χ4n) is 3.69. The summed E-state index contributed by atoms with van der Waals surface area (Å²) in [5.41, 5.74) is 6.15. The van der Waals surface area contributed by atoms with E-state index in [1.54, 1.807) is 12.1 Å². The number of nitrogens with zero attached hydrogens (tertiary/aromatic N) is 3. The second kappa shape index (κ2) is 9.58. The van der Waals surface area contributed by atoms with Crippen molar-refractivity contribution in [2.45, 2.75) is 32.5 Å². The van der Waals surface area contributed by atoms with Gasteiger partial charge in [0.15, 0.2) is 5.82 Å². The van der Waals surface area contributed by atoms with Crippen LogP contribution >= 0.6 is 22.9 Å². The molecule has 0 aliphatic carbocycles. The molecule has 0 radical (unpaired) electrons. The Bertz CT molecular complexity index is 1180. The van der Waals surface area contributed by atoms with Gasteiger partial charge in [-0.3, -0.25) is 4.79 Å². The summed E-state index contributed by atoms with van der Waals surface area (Å²) < 4.78 is 33.2. The standard InChI is InChI=1S/C22H22ClF2N5O2S/c1-11-8-30(9-12(2)28-11)22(31)18-6-5-17(33-18)16-7-27-20(26)21(29-16)32-10-13-14(24)3-4-15(25)19(13)23/h3-7,11-12,28H,8-10H2,1-2H3,(H2,26,27)/t11-,12+. The van der Waals surface area contributed by atoms with E-state index >= 15 is 0 Å². The average Bonchev–Trinajstić information content (AvgIpc) is 3.26. The number of hydrogen-bond acceptors (Lipinski definition) is 7. The van der Waals surface area contributed by atoms with Gasteiger partial charge in [0.25, 0.3) is 11.8 Å². The highest BCUT2D eigenvalue weighted by Gasteiger charge is 2.26. The molecule has 1 aliphatic rings. The number of nitrogens with two attached hydrogens (primary N) is 1. The molecular weight excluding hydrogens is 472 g/mol. The molecule has 174 valence electrons. The summed E-state index contributed by atoms with van der Waals surface area (Å²) in [5, 5.41) is 3.04. The summed E-state index contributed by atoms with van der Waals surface area (Å²) in [6.07, 6.45) is 1.47. The maximum Gasteiger partial charge on any atom is 0.264 e. The van der Waals surface area contributed by atoms with Gasteiger partial charge in [-0.25, -0.2) is 18.7 Å². The van der Waals surface area contributed by atoms with Gasteiger partial charge in [-0.15, -0.1) is 11.3 Å². The van der Waals surface area contributed by atoms with Gasteiger partial charge in [-0.1, -0.05) is 11.6 Å². The molecule has 0 saturated carbocycles. The summed E-state index contributed by atoms with van der Waals surface area (Å²) in [6, 6.07) is 5.87. The Morgan fingerprint density at radius 2 is 1.94 bits per heavy atom. The maximum absolute atomic E-state index is 14.0. The second-order valence-corrected chi connectivity index (χ2v) is 9.36. The number of ether oxygens (including phenoxy) is 1. The van der Waals surface area contributed by atoms with Gasteiger partial charge < -0.3 is 20.7 Å². The first-order valence-corrected chi connectivity index (χ1v) is 11.5. The number of carbonyl (C=O) groups is 1. The van der Waals surface area contributed by atoms with E-state index in [0.717, 1.165) is 12.1 Å². The van der Waals surface area contributed by atoms with Crippen molar-refractivity contribution < 1.29 is 18.3 Å². The lowest BCUT2D eigenvalue weighted by Crippen LogP contribution is -2.55. The quantitative estimate of drug-likeness (QED) is 0.519. The predicted octanol–water partition coefficient (Wildman–Crippen LogP) is 4.12. The molecule has 33 heavy (non-hydrogen) atoms. The average molecular weight is 494 g/mol. The van der Waals surface area contributed by atoms with E-state index in [1.165, 1.54) is 17.5 Å². The Labute approximate surface area is 198 Å². The van der Waals surface area contributed by atoms with Gasteiger partial charge in [-0.05, 0) is 38.1 Å². The molecule has 7 nitrogen and oxygen atoms in total. The Hall–Kier alpha value is -2.82. The Balaban J connectivity index is 1.52. The zero-order valence-corrected chi connectivity index (χ0v) is 19.5.